The Labute approximate surface area is 267 Å². The van der Waals surface area contributed by atoms with E-state index in [-0.39, 0.29) is 40.2 Å². The second-order valence-corrected chi connectivity index (χ2v) is 9.59. The van der Waals surface area contributed by atoms with Gasteiger partial charge < -0.3 is 24.0 Å². The summed E-state index contributed by atoms with van der Waals surface area (Å²) in [5, 5.41) is 2.26. The third kappa shape index (κ3) is 5.16. The van der Waals surface area contributed by atoms with E-state index < -0.39 is 0 Å². The summed E-state index contributed by atoms with van der Waals surface area (Å²) >= 11 is 0. The number of hydrogen-bond donors (Lipinski definition) is 0. The zero-order chi connectivity index (χ0) is 26.3. The molecule has 7 heteroatoms. The normalized spacial score (nSPS) is 13.3. The average molecular weight is 891 g/mol. The molecule has 0 bridgehead atoms. The van der Waals surface area contributed by atoms with E-state index in [9.17, 15) is 0 Å². The van der Waals surface area contributed by atoms with Crippen LogP contribution in [-0.2, 0) is 40.2 Å². The monoisotopic (exact) mass is 892 g/mol. The fraction of sp³-hybridized carbons (Fsp3) is 0.0588. The molecule has 2 aliphatic rings. The van der Waals surface area contributed by atoms with Crippen LogP contribution in [-0.4, -0.2) is 14.1 Å². The molecule has 210 valence electrons. The van der Waals surface area contributed by atoms with Crippen LogP contribution in [0.15, 0.2) is 114 Å². The number of hydrogen-bond acceptors (Lipinski definition) is 5. The quantitative estimate of drug-likeness (QED) is 0.163. The van der Waals surface area contributed by atoms with Crippen LogP contribution in [0.2, 0.25) is 0 Å². The fourth-order valence-corrected chi connectivity index (χ4v) is 5.29. The van der Waals surface area contributed by atoms with Gasteiger partial charge in [0.25, 0.3) is 0 Å². The largest absolute Gasteiger partial charge is 0.514 e. The summed E-state index contributed by atoms with van der Waals surface area (Å²) in [6.45, 7) is 4.15. The molecule has 0 amide bonds. The van der Waals surface area contributed by atoms with Crippen molar-refractivity contribution in [1.82, 2.24) is 0 Å². The standard InChI is InChI=1S/C20H14N2O.C14H12N2.2Ir/c1-21-13-22(17-10-4-3-9-16(17)21)18-11-6-8-15-14-7-2-5-12-19(14)23-20(15)18;1-15-11-16(12-7-3-2-4-8-12)14-10-6-5-9-13(14)15;;/h2-10,12-13H,1H3;2-7,9-11H,1H3;;/q2*-2;;. The van der Waals surface area contributed by atoms with Crippen LogP contribution in [0.3, 0.4) is 0 Å². The molecule has 1 aromatic heterocycles. The van der Waals surface area contributed by atoms with E-state index >= 15 is 0 Å². The molecule has 0 unspecified atom stereocenters. The van der Waals surface area contributed by atoms with Crippen molar-refractivity contribution in [2.75, 3.05) is 33.7 Å². The molecule has 5 aromatic carbocycles. The van der Waals surface area contributed by atoms with Gasteiger partial charge in [-0.1, -0.05) is 53.5 Å². The van der Waals surface area contributed by atoms with Gasteiger partial charge in [-0.2, -0.15) is 61.9 Å². The molecule has 6 aromatic rings. The molecule has 0 fully saturated rings. The number of nitrogens with zero attached hydrogens (tertiary/aromatic N) is 4. The Hall–Kier alpha value is -3.60. The van der Waals surface area contributed by atoms with Gasteiger partial charge in [0.1, 0.15) is 5.58 Å². The molecule has 0 aliphatic carbocycles. The number of fused-ring (bicyclic) bond motifs is 5. The van der Waals surface area contributed by atoms with Crippen molar-refractivity contribution >= 4 is 56.1 Å². The number of benzene rings is 5. The molecule has 5 nitrogen and oxygen atoms in total. The summed E-state index contributed by atoms with van der Waals surface area (Å²) in [6, 6.07) is 43.5. The summed E-state index contributed by atoms with van der Waals surface area (Å²) < 4.78 is 6.13. The molecule has 2 aliphatic heterocycles. The van der Waals surface area contributed by atoms with Crippen LogP contribution in [0.4, 0.5) is 34.1 Å². The van der Waals surface area contributed by atoms with Gasteiger partial charge in [0.05, 0.1) is 0 Å². The maximum atomic E-state index is 6.13. The van der Waals surface area contributed by atoms with Gasteiger partial charge in [-0.25, -0.2) is 0 Å². The Morgan fingerprint density at radius 1 is 0.561 bits per heavy atom. The minimum atomic E-state index is 0. The van der Waals surface area contributed by atoms with Crippen molar-refractivity contribution in [2.24, 2.45) is 0 Å². The third-order valence-corrected chi connectivity index (χ3v) is 7.13. The molecule has 2 radical (unpaired) electrons. The van der Waals surface area contributed by atoms with Crippen LogP contribution in [0.1, 0.15) is 0 Å². The summed E-state index contributed by atoms with van der Waals surface area (Å²) in [4.78, 5) is 8.52. The van der Waals surface area contributed by atoms with Gasteiger partial charge in [-0.05, 0) is 44.4 Å². The van der Waals surface area contributed by atoms with Gasteiger partial charge in [0, 0.05) is 73.9 Å². The number of furan rings is 1. The summed E-state index contributed by atoms with van der Waals surface area (Å²) in [5.74, 6) is 0. The molecular weight excluding hydrogens is 865 g/mol. The molecule has 3 heterocycles. The molecule has 8 rings (SSSR count). The van der Waals surface area contributed by atoms with E-state index in [1.54, 1.807) is 0 Å². The Kier molecular flexibility index (Phi) is 8.53. The van der Waals surface area contributed by atoms with Crippen LogP contribution >= 0.6 is 0 Å². The van der Waals surface area contributed by atoms with E-state index in [2.05, 4.69) is 126 Å². The topological polar surface area (TPSA) is 26.1 Å². The smallest absolute Gasteiger partial charge is 0.116 e. The van der Waals surface area contributed by atoms with Crippen LogP contribution < -0.4 is 19.6 Å². The van der Waals surface area contributed by atoms with Crippen molar-refractivity contribution in [3.05, 3.63) is 135 Å². The van der Waals surface area contributed by atoms with E-state index in [1.807, 2.05) is 42.5 Å². The molecule has 0 atom stereocenters. The molecule has 0 N–H and O–H groups in total. The number of anilines is 6. The minimum Gasteiger partial charge on any atom is -0.514 e. The molecule has 0 saturated carbocycles. The maximum Gasteiger partial charge on any atom is 0.116 e. The first-order valence-corrected chi connectivity index (χ1v) is 12.9. The van der Waals surface area contributed by atoms with E-state index in [4.69, 9.17) is 4.42 Å². The predicted octanol–water partition coefficient (Wildman–Crippen LogP) is 8.28. The van der Waals surface area contributed by atoms with Crippen molar-refractivity contribution in [3.8, 4) is 0 Å². The molecule has 0 saturated heterocycles. The Bertz CT molecular complexity index is 1790. The SMILES string of the molecule is CN1[CH-]N(c2[c-]ccc3c2oc2ccccc23)c2ccccc21.CN1[CH-]N(c2[c-]cccc2)c2ccccc21.[Ir].[Ir]. The van der Waals surface area contributed by atoms with Gasteiger partial charge in [0.2, 0.25) is 0 Å². The average Bonchev–Trinajstić information content (AvgIpc) is 3.65. The number of rotatable bonds is 2. The van der Waals surface area contributed by atoms with Gasteiger partial charge in [-0.3, -0.25) is 0 Å². The first-order valence-electron chi connectivity index (χ1n) is 12.9. The van der Waals surface area contributed by atoms with E-state index in [1.165, 1.54) is 17.1 Å². The predicted molar refractivity (Wildman–Crippen MR) is 160 cm³/mol. The van der Waals surface area contributed by atoms with Crippen molar-refractivity contribution in [2.45, 2.75) is 0 Å². The first kappa shape index (κ1) is 28.9. The van der Waals surface area contributed by atoms with Crippen molar-refractivity contribution < 1.29 is 44.6 Å². The summed E-state index contributed by atoms with van der Waals surface area (Å²) in [5.41, 5.74) is 8.52. The van der Waals surface area contributed by atoms with Gasteiger partial charge in [-0.15, -0.1) is 5.69 Å². The van der Waals surface area contributed by atoms with Crippen LogP contribution in [0.25, 0.3) is 21.9 Å². The minimum absolute atomic E-state index is 0. The maximum absolute atomic E-state index is 6.13. The summed E-state index contributed by atoms with van der Waals surface area (Å²) in [6.07, 6.45) is 0. The second-order valence-electron chi connectivity index (χ2n) is 9.59. The Morgan fingerprint density at radius 2 is 1.15 bits per heavy atom. The summed E-state index contributed by atoms with van der Waals surface area (Å²) in [7, 11) is 4.11. The zero-order valence-corrected chi connectivity index (χ0v) is 27.2. The number of para-hydroxylation sites is 6. The van der Waals surface area contributed by atoms with Gasteiger partial charge in [0.15, 0.2) is 0 Å². The van der Waals surface area contributed by atoms with Gasteiger partial charge >= 0.3 is 0 Å². The van der Waals surface area contributed by atoms with Crippen LogP contribution in [0, 0.1) is 25.5 Å². The van der Waals surface area contributed by atoms with E-state index in [0.717, 1.165) is 39.0 Å². The molecular formula is C34H26Ir2N4O-4. The van der Waals surface area contributed by atoms with E-state index in [0.29, 0.717) is 0 Å². The zero-order valence-electron chi connectivity index (χ0n) is 22.4. The van der Waals surface area contributed by atoms with Crippen molar-refractivity contribution in [1.29, 1.82) is 0 Å². The third-order valence-electron chi connectivity index (χ3n) is 7.13. The Morgan fingerprint density at radius 3 is 1.83 bits per heavy atom. The Balaban J connectivity index is 0.000000166. The molecule has 0 spiro atoms. The first-order chi connectivity index (χ1) is 19.2. The van der Waals surface area contributed by atoms with Crippen LogP contribution in [0.5, 0.6) is 0 Å². The molecule has 41 heavy (non-hydrogen) atoms. The second kappa shape index (κ2) is 12.1. The van der Waals surface area contributed by atoms with Crippen molar-refractivity contribution in [3.63, 3.8) is 0 Å². The fourth-order valence-electron chi connectivity index (χ4n) is 5.29.